The van der Waals surface area contributed by atoms with Crippen LogP contribution in [0.25, 0.3) is 0 Å². The highest BCUT2D eigenvalue weighted by Gasteiger charge is 2.23. The molecule has 0 spiro atoms. The van der Waals surface area contributed by atoms with Crippen LogP contribution in [-0.2, 0) is 0 Å². The molecule has 3 heteroatoms. The van der Waals surface area contributed by atoms with E-state index >= 15 is 0 Å². The molecular formula is C14H18FNO. The van der Waals surface area contributed by atoms with Crippen LogP contribution >= 0.6 is 0 Å². The number of benzene rings is 1. The van der Waals surface area contributed by atoms with Crippen LogP contribution in [0.4, 0.5) is 4.39 Å². The first-order valence-corrected chi connectivity index (χ1v) is 6.24. The van der Waals surface area contributed by atoms with Crippen molar-refractivity contribution < 1.29 is 9.18 Å². The van der Waals surface area contributed by atoms with Gasteiger partial charge in [0.15, 0.2) is 0 Å². The summed E-state index contributed by atoms with van der Waals surface area (Å²) in [5, 5.41) is 2.95. The Morgan fingerprint density at radius 3 is 2.71 bits per heavy atom. The number of rotatable bonds is 2. The predicted molar refractivity (Wildman–Crippen MR) is 65.3 cm³/mol. The third-order valence-corrected chi connectivity index (χ3v) is 3.55. The third kappa shape index (κ3) is 2.84. The Bertz CT molecular complexity index is 405. The van der Waals surface area contributed by atoms with E-state index in [4.69, 9.17) is 0 Å². The first-order chi connectivity index (χ1) is 8.18. The normalized spacial score (nSPS) is 24.4. The van der Waals surface area contributed by atoms with Gasteiger partial charge in [0, 0.05) is 6.04 Å². The highest BCUT2D eigenvalue weighted by molar-refractivity contribution is 5.94. The summed E-state index contributed by atoms with van der Waals surface area (Å²) >= 11 is 0. The maximum absolute atomic E-state index is 13.4. The Morgan fingerprint density at radius 1 is 1.29 bits per heavy atom. The molecule has 0 aromatic heterocycles. The van der Waals surface area contributed by atoms with E-state index < -0.39 is 5.82 Å². The van der Waals surface area contributed by atoms with Crippen molar-refractivity contribution in [3.8, 4) is 0 Å². The zero-order chi connectivity index (χ0) is 12.3. The predicted octanol–water partition coefficient (Wildman–Crippen LogP) is 3.13. The summed E-state index contributed by atoms with van der Waals surface area (Å²) in [5.74, 6) is -0.255. The van der Waals surface area contributed by atoms with Crippen LogP contribution in [0.5, 0.6) is 0 Å². The largest absolute Gasteiger partial charge is 0.349 e. The van der Waals surface area contributed by atoms with Crippen LogP contribution in [0, 0.1) is 11.7 Å². The van der Waals surface area contributed by atoms with Gasteiger partial charge in [0.2, 0.25) is 0 Å². The van der Waals surface area contributed by atoms with Gasteiger partial charge < -0.3 is 5.32 Å². The average Bonchev–Trinajstić information content (AvgIpc) is 2.32. The maximum atomic E-state index is 13.4. The highest BCUT2D eigenvalue weighted by Crippen LogP contribution is 2.24. The molecule has 1 amide bonds. The van der Waals surface area contributed by atoms with E-state index in [9.17, 15) is 9.18 Å². The van der Waals surface area contributed by atoms with Gasteiger partial charge in [-0.1, -0.05) is 31.9 Å². The molecule has 1 fully saturated rings. The molecule has 1 saturated carbocycles. The molecule has 0 radical (unpaired) electrons. The molecule has 1 aromatic carbocycles. The molecule has 0 unspecified atom stereocenters. The Labute approximate surface area is 101 Å². The summed E-state index contributed by atoms with van der Waals surface area (Å²) in [6.45, 7) is 2.14. The van der Waals surface area contributed by atoms with Gasteiger partial charge in [-0.3, -0.25) is 4.79 Å². The summed E-state index contributed by atoms with van der Waals surface area (Å²) in [6, 6.07) is 6.31. The number of hydrogen-bond acceptors (Lipinski definition) is 1. The van der Waals surface area contributed by atoms with Gasteiger partial charge in [-0.15, -0.1) is 0 Å². The van der Waals surface area contributed by atoms with E-state index in [1.165, 1.54) is 18.6 Å². The second-order valence-corrected chi connectivity index (χ2v) is 4.82. The average molecular weight is 235 g/mol. The molecule has 0 saturated heterocycles. The fourth-order valence-electron chi connectivity index (χ4n) is 2.42. The topological polar surface area (TPSA) is 29.1 Å². The minimum Gasteiger partial charge on any atom is -0.349 e. The molecular weight excluding hydrogens is 217 g/mol. The van der Waals surface area contributed by atoms with Crippen molar-refractivity contribution in [2.75, 3.05) is 0 Å². The minimum atomic E-state index is -0.450. The molecule has 1 aliphatic carbocycles. The fourth-order valence-corrected chi connectivity index (χ4v) is 2.42. The summed E-state index contributed by atoms with van der Waals surface area (Å²) in [7, 11) is 0. The lowest BCUT2D eigenvalue weighted by atomic mass is 9.86. The van der Waals surface area contributed by atoms with E-state index in [-0.39, 0.29) is 17.5 Å². The van der Waals surface area contributed by atoms with Gasteiger partial charge in [-0.2, -0.15) is 0 Å². The number of amides is 1. The van der Waals surface area contributed by atoms with E-state index in [2.05, 4.69) is 12.2 Å². The molecule has 1 N–H and O–H groups in total. The van der Waals surface area contributed by atoms with E-state index in [0.717, 1.165) is 19.3 Å². The monoisotopic (exact) mass is 235 g/mol. The van der Waals surface area contributed by atoms with Gasteiger partial charge in [0.25, 0.3) is 5.91 Å². The van der Waals surface area contributed by atoms with E-state index in [0.29, 0.717) is 5.92 Å². The van der Waals surface area contributed by atoms with Crippen molar-refractivity contribution in [2.24, 2.45) is 5.92 Å². The van der Waals surface area contributed by atoms with Gasteiger partial charge in [-0.05, 0) is 30.9 Å². The molecule has 17 heavy (non-hydrogen) atoms. The fraction of sp³-hybridized carbons (Fsp3) is 0.500. The van der Waals surface area contributed by atoms with Crippen LogP contribution < -0.4 is 5.32 Å². The van der Waals surface area contributed by atoms with Crippen molar-refractivity contribution in [2.45, 2.75) is 38.6 Å². The zero-order valence-electron chi connectivity index (χ0n) is 10.1. The number of nitrogens with one attached hydrogen (secondary N) is 1. The van der Waals surface area contributed by atoms with Crippen molar-refractivity contribution in [3.63, 3.8) is 0 Å². The van der Waals surface area contributed by atoms with Crippen LogP contribution in [0.15, 0.2) is 24.3 Å². The summed E-state index contributed by atoms with van der Waals surface area (Å²) in [5.41, 5.74) is 0.144. The van der Waals surface area contributed by atoms with Crippen LogP contribution in [-0.4, -0.2) is 11.9 Å². The molecule has 0 bridgehead atoms. The van der Waals surface area contributed by atoms with Gasteiger partial charge in [0.1, 0.15) is 5.82 Å². The number of carbonyl (C=O) groups is 1. The molecule has 0 aliphatic heterocycles. The summed E-state index contributed by atoms with van der Waals surface area (Å²) in [4.78, 5) is 11.9. The Kier molecular flexibility index (Phi) is 3.77. The molecule has 1 aliphatic rings. The quantitative estimate of drug-likeness (QED) is 0.838. The lowest BCUT2D eigenvalue weighted by Gasteiger charge is -2.29. The minimum absolute atomic E-state index is 0.144. The zero-order valence-corrected chi connectivity index (χ0v) is 10.1. The SMILES string of the molecule is C[C@H]1CCCC[C@H]1NC(=O)c1ccccc1F. The standard InChI is InChI=1S/C14H18FNO/c1-10-6-2-5-9-13(10)16-14(17)11-7-3-4-8-12(11)15/h3-4,7-8,10,13H,2,5-6,9H2,1H3,(H,16,17)/t10-,13+/m0/s1. The first-order valence-electron chi connectivity index (χ1n) is 6.24. The number of halogens is 1. The molecule has 2 atom stereocenters. The van der Waals surface area contributed by atoms with Crippen LogP contribution in [0.2, 0.25) is 0 Å². The van der Waals surface area contributed by atoms with Crippen molar-refractivity contribution in [1.29, 1.82) is 0 Å². The summed E-state index contributed by atoms with van der Waals surface area (Å²) in [6.07, 6.45) is 4.52. The number of hydrogen-bond donors (Lipinski definition) is 1. The second kappa shape index (κ2) is 5.30. The van der Waals surface area contributed by atoms with Crippen LogP contribution in [0.1, 0.15) is 43.0 Å². The summed E-state index contributed by atoms with van der Waals surface area (Å²) < 4.78 is 13.4. The molecule has 2 rings (SSSR count). The molecule has 92 valence electrons. The van der Waals surface area contributed by atoms with Gasteiger partial charge >= 0.3 is 0 Å². The van der Waals surface area contributed by atoms with Gasteiger partial charge in [-0.25, -0.2) is 4.39 Å². The Morgan fingerprint density at radius 2 is 2.00 bits per heavy atom. The van der Waals surface area contributed by atoms with E-state index in [1.54, 1.807) is 12.1 Å². The Balaban J connectivity index is 2.04. The maximum Gasteiger partial charge on any atom is 0.254 e. The molecule has 1 aromatic rings. The molecule has 2 nitrogen and oxygen atoms in total. The second-order valence-electron chi connectivity index (χ2n) is 4.82. The Hall–Kier alpha value is -1.38. The highest BCUT2D eigenvalue weighted by atomic mass is 19.1. The van der Waals surface area contributed by atoms with Crippen molar-refractivity contribution in [3.05, 3.63) is 35.6 Å². The van der Waals surface area contributed by atoms with E-state index in [1.807, 2.05) is 0 Å². The third-order valence-electron chi connectivity index (χ3n) is 3.55. The number of carbonyl (C=O) groups excluding carboxylic acids is 1. The smallest absolute Gasteiger partial charge is 0.254 e. The lowest BCUT2D eigenvalue weighted by molar-refractivity contribution is 0.0906. The van der Waals surface area contributed by atoms with Crippen LogP contribution in [0.3, 0.4) is 0 Å². The lowest BCUT2D eigenvalue weighted by Crippen LogP contribution is -2.41. The van der Waals surface area contributed by atoms with Gasteiger partial charge in [0.05, 0.1) is 5.56 Å². The van der Waals surface area contributed by atoms with Crippen molar-refractivity contribution >= 4 is 5.91 Å². The van der Waals surface area contributed by atoms with Crippen molar-refractivity contribution in [1.82, 2.24) is 5.32 Å². The molecule has 0 heterocycles. The first kappa shape index (κ1) is 12.1.